The summed E-state index contributed by atoms with van der Waals surface area (Å²) in [5.74, 6) is -0.570. The lowest BCUT2D eigenvalue weighted by Gasteiger charge is -2.08. The Balaban J connectivity index is 2.26. The summed E-state index contributed by atoms with van der Waals surface area (Å²) in [5, 5.41) is 0. The molecule has 2 aromatic carbocycles. The van der Waals surface area contributed by atoms with Crippen LogP contribution in [0, 0.1) is 11.6 Å². The maximum absolute atomic E-state index is 13.4. The van der Waals surface area contributed by atoms with Crippen LogP contribution in [0.5, 0.6) is 11.5 Å². The van der Waals surface area contributed by atoms with Crippen LogP contribution < -0.4 is 10.5 Å². The van der Waals surface area contributed by atoms with Crippen molar-refractivity contribution in [3.05, 3.63) is 59.7 Å². The van der Waals surface area contributed by atoms with Gasteiger partial charge in [-0.15, -0.1) is 0 Å². The highest BCUT2D eigenvalue weighted by atomic mass is 19.1. The second kappa shape index (κ2) is 5.60. The molecule has 0 radical (unpaired) electrons. The Hall–Kier alpha value is -1.94. The van der Waals surface area contributed by atoms with Crippen LogP contribution in [0.1, 0.15) is 5.56 Å². The van der Waals surface area contributed by atoms with Crippen molar-refractivity contribution >= 4 is 0 Å². The van der Waals surface area contributed by atoms with Crippen LogP contribution in [0.2, 0.25) is 0 Å². The molecule has 0 bridgehead atoms. The van der Waals surface area contributed by atoms with Gasteiger partial charge in [0.15, 0.2) is 11.6 Å². The molecule has 0 aromatic heterocycles. The number of hydrogen-bond acceptors (Lipinski definition) is 2. The number of para-hydroxylation sites is 1. The highest BCUT2D eigenvalue weighted by molar-refractivity contribution is 5.35. The first-order chi connectivity index (χ1) is 8.69. The van der Waals surface area contributed by atoms with Crippen LogP contribution in [-0.2, 0) is 6.42 Å². The fraction of sp³-hybridized carbons (Fsp3) is 0.143. The van der Waals surface area contributed by atoms with E-state index in [0.29, 0.717) is 13.0 Å². The molecule has 0 aliphatic carbocycles. The van der Waals surface area contributed by atoms with Crippen molar-refractivity contribution in [1.82, 2.24) is 0 Å². The number of benzene rings is 2. The molecule has 0 unspecified atom stereocenters. The van der Waals surface area contributed by atoms with Crippen molar-refractivity contribution in [3.63, 3.8) is 0 Å². The summed E-state index contributed by atoms with van der Waals surface area (Å²) in [6.45, 7) is 0.419. The van der Waals surface area contributed by atoms with Gasteiger partial charge in [-0.25, -0.2) is 8.78 Å². The van der Waals surface area contributed by atoms with Gasteiger partial charge in [0.1, 0.15) is 11.6 Å². The molecule has 0 atom stereocenters. The van der Waals surface area contributed by atoms with Gasteiger partial charge in [-0.05, 0) is 42.8 Å². The van der Waals surface area contributed by atoms with Crippen molar-refractivity contribution in [2.24, 2.45) is 5.73 Å². The molecule has 94 valence electrons. The van der Waals surface area contributed by atoms with Crippen molar-refractivity contribution in [2.45, 2.75) is 6.42 Å². The van der Waals surface area contributed by atoms with Crippen LogP contribution in [-0.4, -0.2) is 6.54 Å². The van der Waals surface area contributed by atoms with Crippen LogP contribution in [0.15, 0.2) is 42.5 Å². The third-order valence-electron chi connectivity index (χ3n) is 2.43. The van der Waals surface area contributed by atoms with E-state index in [2.05, 4.69) is 0 Å². The second-order valence-corrected chi connectivity index (χ2v) is 3.87. The van der Waals surface area contributed by atoms with Gasteiger partial charge in [-0.2, -0.15) is 0 Å². The van der Waals surface area contributed by atoms with Crippen LogP contribution in [0.4, 0.5) is 8.78 Å². The molecule has 2 aromatic rings. The zero-order valence-electron chi connectivity index (χ0n) is 9.70. The first-order valence-corrected chi connectivity index (χ1v) is 5.61. The molecular weight excluding hydrogens is 236 g/mol. The number of hydrogen-bond donors (Lipinski definition) is 1. The van der Waals surface area contributed by atoms with E-state index in [4.69, 9.17) is 10.5 Å². The predicted molar refractivity (Wildman–Crippen MR) is 65.6 cm³/mol. The van der Waals surface area contributed by atoms with Gasteiger partial charge < -0.3 is 10.5 Å². The Morgan fingerprint density at radius 2 is 1.83 bits per heavy atom. The highest BCUT2D eigenvalue weighted by Crippen LogP contribution is 2.25. The maximum Gasteiger partial charge on any atom is 0.165 e. The molecule has 2 rings (SSSR count). The lowest BCUT2D eigenvalue weighted by Crippen LogP contribution is -2.03. The molecule has 0 spiro atoms. The van der Waals surface area contributed by atoms with Crippen LogP contribution in [0.3, 0.4) is 0 Å². The third-order valence-corrected chi connectivity index (χ3v) is 2.43. The SMILES string of the molecule is NCCc1cc(F)cc(Oc2ccccc2F)c1. The van der Waals surface area contributed by atoms with E-state index in [9.17, 15) is 8.78 Å². The van der Waals surface area contributed by atoms with E-state index < -0.39 is 11.6 Å². The molecule has 0 saturated carbocycles. The van der Waals surface area contributed by atoms with Crippen molar-refractivity contribution in [2.75, 3.05) is 6.54 Å². The standard InChI is InChI=1S/C14H13F2NO/c15-11-7-10(5-6-17)8-12(9-11)18-14-4-2-1-3-13(14)16/h1-4,7-9H,5-6,17H2. The molecule has 0 amide bonds. The van der Waals surface area contributed by atoms with E-state index in [1.54, 1.807) is 18.2 Å². The Morgan fingerprint density at radius 3 is 2.56 bits per heavy atom. The normalized spacial score (nSPS) is 10.4. The fourth-order valence-corrected chi connectivity index (χ4v) is 1.65. The molecule has 4 heteroatoms. The average molecular weight is 249 g/mol. The minimum Gasteiger partial charge on any atom is -0.454 e. The molecule has 18 heavy (non-hydrogen) atoms. The Kier molecular flexibility index (Phi) is 3.89. The average Bonchev–Trinajstić information content (AvgIpc) is 2.32. The molecule has 0 aliphatic rings. The molecular formula is C14H13F2NO. The molecule has 0 aliphatic heterocycles. The smallest absolute Gasteiger partial charge is 0.165 e. The molecule has 2 nitrogen and oxygen atoms in total. The van der Waals surface area contributed by atoms with E-state index in [-0.39, 0.29) is 11.5 Å². The first-order valence-electron chi connectivity index (χ1n) is 5.61. The van der Waals surface area contributed by atoms with Gasteiger partial charge in [-0.3, -0.25) is 0 Å². The summed E-state index contributed by atoms with van der Waals surface area (Å²) in [6.07, 6.45) is 0.547. The summed E-state index contributed by atoms with van der Waals surface area (Å²) in [5.41, 5.74) is 6.14. The van der Waals surface area contributed by atoms with Gasteiger partial charge in [0.25, 0.3) is 0 Å². The van der Waals surface area contributed by atoms with E-state index in [1.165, 1.54) is 24.3 Å². The van der Waals surface area contributed by atoms with Gasteiger partial charge in [-0.1, -0.05) is 12.1 Å². The van der Waals surface area contributed by atoms with Crippen molar-refractivity contribution in [1.29, 1.82) is 0 Å². The zero-order valence-corrected chi connectivity index (χ0v) is 9.70. The lowest BCUT2D eigenvalue weighted by molar-refractivity contribution is 0.438. The Morgan fingerprint density at radius 1 is 1.06 bits per heavy atom. The van der Waals surface area contributed by atoms with Gasteiger partial charge >= 0.3 is 0 Å². The molecule has 2 N–H and O–H groups in total. The summed E-state index contributed by atoms with van der Waals surface area (Å²) in [4.78, 5) is 0. The molecule has 0 heterocycles. The quantitative estimate of drug-likeness (QED) is 0.902. The lowest BCUT2D eigenvalue weighted by atomic mass is 10.1. The van der Waals surface area contributed by atoms with Crippen molar-refractivity contribution in [3.8, 4) is 11.5 Å². The Labute approximate surface area is 104 Å². The van der Waals surface area contributed by atoms with Crippen LogP contribution >= 0.6 is 0 Å². The van der Waals surface area contributed by atoms with Gasteiger partial charge in [0.05, 0.1) is 0 Å². The second-order valence-electron chi connectivity index (χ2n) is 3.87. The fourth-order valence-electron chi connectivity index (χ4n) is 1.65. The zero-order chi connectivity index (χ0) is 13.0. The molecule has 0 saturated heterocycles. The maximum atomic E-state index is 13.4. The van der Waals surface area contributed by atoms with E-state index >= 15 is 0 Å². The van der Waals surface area contributed by atoms with Crippen LogP contribution in [0.25, 0.3) is 0 Å². The van der Waals surface area contributed by atoms with E-state index in [1.807, 2.05) is 0 Å². The molecule has 0 fully saturated rings. The summed E-state index contributed by atoms with van der Waals surface area (Å²) in [6, 6.07) is 10.3. The number of nitrogens with two attached hydrogens (primary N) is 1. The summed E-state index contributed by atoms with van der Waals surface area (Å²) in [7, 11) is 0. The monoisotopic (exact) mass is 249 g/mol. The summed E-state index contributed by atoms with van der Waals surface area (Å²) >= 11 is 0. The highest BCUT2D eigenvalue weighted by Gasteiger charge is 2.06. The van der Waals surface area contributed by atoms with Gasteiger partial charge in [0, 0.05) is 6.07 Å². The third kappa shape index (κ3) is 3.05. The van der Waals surface area contributed by atoms with E-state index in [0.717, 1.165) is 5.56 Å². The van der Waals surface area contributed by atoms with Gasteiger partial charge in [0.2, 0.25) is 0 Å². The minimum absolute atomic E-state index is 0.0711. The predicted octanol–water partition coefficient (Wildman–Crippen LogP) is 3.26. The summed E-state index contributed by atoms with van der Waals surface area (Å²) < 4.78 is 32.0. The van der Waals surface area contributed by atoms with Crippen molar-refractivity contribution < 1.29 is 13.5 Å². The first kappa shape index (κ1) is 12.5. The number of ether oxygens (including phenoxy) is 1. The topological polar surface area (TPSA) is 35.2 Å². The minimum atomic E-state index is -0.484. The Bertz CT molecular complexity index is 543. The number of halogens is 2. The number of rotatable bonds is 4. The largest absolute Gasteiger partial charge is 0.454 e.